The van der Waals surface area contributed by atoms with Crippen LogP contribution in [0.4, 0.5) is 0 Å². The van der Waals surface area contributed by atoms with Gasteiger partial charge in [-0.2, -0.15) is 0 Å². The molecule has 0 aromatic heterocycles. The number of benzene rings is 2. The number of esters is 1. The van der Waals surface area contributed by atoms with Crippen molar-refractivity contribution in [3.8, 4) is 11.1 Å². The van der Waals surface area contributed by atoms with Gasteiger partial charge < -0.3 is 10.1 Å². The highest BCUT2D eigenvalue weighted by molar-refractivity contribution is 6.00. The first-order valence-corrected chi connectivity index (χ1v) is 10.2. The zero-order valence-corrected chi connectivity index (χ0v) is 16.1. The molecule has 3 nitrogen and oxygen atoms in total. The second kappa shape index (κ2) is 5.93. The topological polar surface area (TPSA) is 38.3 Å². The predicted octanol–water partition coefficient (Wildman–Crippen LogP) is 4.58. The van der Waals surface area contributed by atoms with Gasteiger partial charge in [-0.3, -0.25) is 4.79 Å². The molecule has 0 radical (unpaired) electrons. The van der Waals surface area contributed by atoms with Gasteiger partial charge in [0.15, 0.2) is 0 Å². The normalized spacial score (nSPS) is 25.3. The highest BCUT2D eigenvalue weighted by Crippen LogP contribution is 2.57. The molecule has 140 valence electrons. The third-order valence-corrected chi connectivity index (χ3v) is 6.81. The molecule has 3 heteroatoms. The quantitative estimate of drug-likeness (QED) is 0.796. The summed E-state index contributed by atoms with van der Waals surface area (Å²) in [6.45, 7) is 4.12. The number of ether oxygens (including phenoxy) is 1. The molecule has 1 atom stereocenters. The fourth-order valence-electron chi connectivity index (χ4n) is 5.65. The third-order valence-electron chi connectivity index (χ3n) is 6.81. The van der Waals surface area contributed by atoms with Crippen molar-refractivity contribution in [2.24, 2.45) is 0 Å². The second-order valence-electron chi connectivity index (χ2n) is 8.83. The van der Waals surface area contributed by atoms with Crippen molar-refractivity contribution in [1.82, 2.24) is 5.32 Å². The Bertz CT molecular complexity index is 849. The van der Waals surface area contributed by atoms with Gasteiger partial charge >= 0.3 is 5.97 Å². The van der Waals surface area contributed by atoms with E-state index in [-0.39, 0.29) is 12.0 Å². The molecule has 1 N–H and O–H groups in total. The molecule has 5 rings (SSSR count). The Hall–Kier alpha value is -2.13. The van der Waals surface area contributed by atoms with E-state index in [0.717, 1.165) is 22.3 Å². The van der Waals surface area contributed by atoms with Crippen molar-refractivity contribution >= 4 is 5.97 Å². The molecule has 0 amide bonds. The van der Waals surface area contributed by atoms with Crippen LogP contribution < -0.4 is 5.32 Å². The maximum atomic E-state index is 13.5. The van der Waals surface area contributed by atoms with Gasteiger partial charge in [-0.05, 0) is 48.9 Å². The minimum atomic E-state index is -0.756. The van der Waals surface area contributed by atoms with Crippen molar-refractivity contribution in [1.29, 1.82) is 0 Å². The lowest BCUT2D eigenvalue weighted by molar-refractivity contribution is -0.148. The molecule has 0 bridgehead atoms. The summed E-state index contributed by atoms with van der Waals surface area (Å²) in [6, 6.07) is 17.1. The monoisotopic (exact) mass is 361 g/mol. The molecule has 1 aliphatic heterocycles. The first-order chi connectivity index (χ1) is 13.0. The minimum Gasteiger partial charge on any atom is -0.457 e. The van der Waals surface area contributed by atoms with Crippen LogP contribution in [0.3, 0.4) is 0 Å². The number of cyclic esters (lactones) is 1. The number of carbonyl (C=O) groups is 1. The van der Waals surface area contributed by atoms with Gasteiger partial charge in [0.2, 0.25) is 0 Å². The van der Waals surface area contributed by atoms with Crippen molar-refractivity contribution < 1.29 is 9.53 Å². The SMILES string of the molecule is CC1(C)OC(=O)C2(c3ccccc3-c3ccccc32)[C@H]1NC1CCCCC1. The Morgan fingerprint density at radius 3 is 2.04 bits per heavy atom. The van der Waals surface area contributed by atoms with E-state index >= 15 is 0 Å². The smallest absolute Gasteiger partial charge is 0.323 e. The van der Waals surface area contributed by atoms with Crippen LogP contribution in [0.5, 0.6) is 0 Å². The number of fused-ring (bicyclic) bond motifs is 5. The summed E-state index contributed by atoms with van der Waals surface area (Å²) >= 11 is 0. The first-order valence-electron chi connectivity index (χ1n) is 10.2. The molecule has 27 heavy (non-hydrogen) atoms. The van der Waals surface area contributed by atoms with E-state index < -0.39 is 11.0 Å². The van der Waals surface area contributed by atoms with Gasteiger partial charge in [0, 0.05) is 6.04 Å². The Morgan fingerprint density at radius 2 is 1.44 bits per heavy atom. The standard InChI is InChI=1S/C24H27NO2/c1-23(2)21(25-16-10-4-3-5-11-16)24(22(26)27-23)19-14-8-6-12-17(19)18-13-7-9-15-20(18)24/h6-9,12-16,21,25H,3-5,10-11H2,1-2H3/t21-/m0/s1. The lowest BCUT2D eigenvalue weighted by Crippen LogP contribution is -2.58. The van der Waals surface area contributed by atoms with E-state index in [0.29, 0.717) is 6.04 Å². The van der Waals surface area contributed by atoms with E-state index in [2.05, 4.69) is 55.6 Å². The molecule has 2 aromatic carbocycles. The summed E-state index contributed by atoms with van der Waals surface area (Å²) in [5.74, 6) is -0.113. The average molecular weight is 361 g/mol. The van der Waals surface area contributed by atoms with Gasteiger partial charge in [0.05, 0.1) is 6.04 Å². The Kier molecular flexibility index (Phi) is 3.74. The van der Waals surface area contributed by atoms with Crippen molar-refractivity contribution in [3.05, 3.63) is 59.7 Å². The van der Waals surface area contributed by atoms with E-state index in [9.17, 15) is 4.79 Å². The van der Waals surface area contributed by atoms with Crippen LogP contribution in [0, 0.1) is 0 Å². The van der Waals surface area contributed by atoms with Crippen LogP contribution in [-0.2, 0) is 14.9 Å². The van der Waals surface area contributed by atoms with E-state index in [1.165, 1.54) is 32.1 Å². The molecule has 2 aliphatic carbocycles. The Morgan fingerprint density at radius 1 is 0.889 bits per heavy atom. The highest BCUT2D eigenvalue weighted by atomic mass is 16.6. The van der Waals surface area contributed by atoms with Crippen LogP contribution in [0.25, 0.3) is 11.1 Å². The summed E-state index contributed by atoms with van der Waals surface area (Å²) in [4.78, 5) is 13.5. The van der Waals surface area contributed by atoms with E-state index in [1.807, 2.05) is 12.1 Å². The number of nitrogens with one attached hydrogen (secondary N) is 1. The number of carbonyl (C=O) groups excluding carboxylic acids is 1. The molecule has 2 aromatic rings. The zero-order valence-electron chi connectivity index (χ0n) is 16.1. The maximum absolute atomic E-state index is 13.5. The summed E-state index contributed by atoms with van der Waals surface area (Å²) in [6.07, 6.45) is 6.21. The van der Waals surface area contributed by atoms with Crippen molar-refractivity contribution in [2.45, 2.75) is 69.1 Å². The first kappa shape index (κ1) is 17.0. The van der Waals surface area contributed by atoms with Crippen molar-refractivity contribution in [3.63, 3.8) is 0 Å². The van der Waals surface area contributed by atoms with Gasteiger partial charge in [-0.1, -0.05) is 67.8 Å². The van der Waals surface area contributed by atoms with Gasteiger partial charge in [0.1, 0.15) is 11.0 Å². The van der Waals surface area contributed by atoms with Crippen molar-refractivity contribution in [2.75, 3.05) is 0 Å². The van der Waals surface area contributed by atoms with Gasteiger partial charge in [-0.15, -0.1) is 0 Å². The molecule has 1 saturated heterocycles. The maximum Gasteiger partial charge on any atom is 0.323 e. The number of hydrogen-bond acceptors (Lipinski definition) is 3. The van der Waals surface area contributed by atoms with Gasteiger partial charge in [0.25, 0.3) is 0 Å². The molecule has 1 heterocycles. The predicted molar refractivity (Wildman–Crippen MR) is 107 cm³/mol. The van der Waals surface area contributed by atoms with Crippen LogP contribution >= 0.6 is 0 Å². The summed E-state index contributed by atoms with van der Waals surface area (Å²) in [5.41, 5.74) is 3.20. The average Bonchev–Trinajstić information content (AvgIpc) is 3.08. The molecule has 1 spiro atoms. The lowest BCUT2D eigenvalue weighted by atomic mass is 9.69. The molecule has 3 aliphatic rings. The molecule has 1 saturated carbocycles. The second-order valence-corrected chi connectivity index (χ2v) is 8.83. The Labute approximate surface area is 161 Å². The van der Waals surface area contributed by atoms with E-state index in [4.69, 9.17) is 4.74 Å². The number of hydrogen-bond donors (Lipinski definition) is 1. The molecule has 0 unspecified atom stereocenters. The van der Waals surface area contributed by atoms with Crippen LogP contribution in [0.1, 0.15) is 57.1 Å². The highest BCUT2D eigenvalue weighted by Gasteiger charge is 2.66. The molecule has 2 fully saturated rings. The molecular formula is C24H27NO2. The minimum absolute atomic E-state index is 0.0783. The van der Waals surface area contributed by atoms with Crippen LogP contribution in [-0.4, -0.2) is 23.7 Å². The fourth-order valence-corrected chi connectivity index (χ4v) is 5.65. The summed E-state index contributed by atoms with van der Waals surface area (Å²) < 4.78 is 6.05. The van der Waals surface area contributed by atoms with Gasteiger partial charge in [-0.25, -0.2) is 0 Å². The van der Waals surface area contributed by atoms with Crippen LogP contribution in [0.15, 0.2) is 48.5 Å². The Balaban J connectivity index is 1.71. The zero-order chi connectivity index (χ0) is 18.6. The lowest BCUT2D eigenvalue weighted by Gasteiger charge is -2.38. The molecular weight excluding hydrogens is 334 g/mol. The number of rotatable bonds is 2. The summed E-state index contributed by atoms with van der Waals surface area (Å²) in [5, 5.41) is 3.91. The van der Waals surface area contributed by atoms with E-state index in [1.54, 1.807) is 0 Å². The fraction of sp³-hybridized carbons (Fsp3) is 0.458. The largest absolute Gasteiger partial charge is 0.457 e. The van der Waals surface area contributed by atoms with Crippen LogP contribution in [0.2, 0.25) is 0 Å². The summed E-state index contributed by atoms with van der Waals surface area (Å²) in [7, 11) is 0. The third kappa shape index (κ3) is 2.27.